The Labute approximate surface area is 103 Å². The zero-order chi connectivity index (χ0) is 11.5. The molecule has 0 aliphatic heterocycles. The third kappa shape index (κ3) is 2.58. The number of pyridine rings is 1. The molecule has 2 nitrogen and oxygen atoms in total. The zero-order valence-corrected chi connectivity index (χ0v) is 10.2. The van der Waals surface area contributed by atoms with Crippen molar-refractivity contribution >= 4 is 0 Å². The Morgan fingerprint density at radius 2 is 2.29 bits per heavy atom. The summed E-state index contributed by atoms with van der Waals surface area (Å²) in [4.78, 5) is 4.14. The molecular formula is C15H20N2. The van der Waals surface area contributed by atoms with Crippen molar-refractivity contribution in [3.63, 3.8) is 0 Å². The van der Waals surface area contributed by atoms with Gasteiger partial charge in [-0.05, 0) is 61.7 Å². The standard InChI is InChI=1S/C15H20N2/c1-2-12(10-16-6-1)5-7-17-11-15-9-13-3-4-14(15)8-13/h1-4,6,10,13-15,17H,5,7-9,11H2. The molecule has 3 unspecified atom stereocenters. The predicted octanol–water partition coefficient (Wildman–Crippen LogP) is 2.43. The molecule has 1 aromatic heterocycles. The van der Waals surface area contributed by atoms with Crippen LogP contribution in [0.3, 0.4) is 0 Å². The molecule has 0 amide bonds. The highest BCUT2D eigenvalue weighted by Gasteiger charge is 2.34. The number of fused-ring (bicyclic) bond motifs is 2. The van der Waals surface area contributed by atoms with E-state index in [1.807, 2.05) is 18.5 Å². The molecule has 2 bridgehead atoms. The highest BCUT2D eigenvalue weighted by atomic mass is 14.9. The van der Waals surface area contributed by atoms with Crippen molar-refractivity contribution in [3.05, 3.63) is 42.2 Å². The van der Waals surface area contributed by atoms with E-state index in [0.29, 0.717) is 0 Å². The summed E-state index contributed by atoms with van der Waals surface area (Å²) in [5.41, 5.74) is 1.33. The molecule has 0 aromatic carbocycles. The fourth-order valence-electron chi connectivity index (χ4n) is 3.20. The highest BCUT2D eigenvalue weighted by molar-refractivity contribution is 5.11. The Morgan fingerprint density at radius 3 is 3.00 bits per heavy atom. The van der Waals surface area contributed by atoms with Crippen LogP contribution in [0.2, 0.25) is 0 Å². The van der Waals surface area contributed by atoms with E-state index in [1.54, 1.807) is 0 Å². The minimum atomic E-state index is 0.867. The summed E-state index contributed by atoms with van der Waals surface area (Å²) >= 11 is 0. The molecular weight excluding hydrogens is 208 g/mol. The van der Waals surface area contributed by atoms with Gasteiger partial charge in [-0.3, -0.25) is 4.98 Å². The van der Waals surface area contributed by atoms with Crippen molar-refractivity contribution in [2.75, 3.05) is 13.1 Å². The van der Waals surface area contributed by atoms with Crippen molar-refractivity contribution in [3.8, 4) is 0 Å². The SMILES string of the molecule is C1=CC2CC1CC2CNCCc1cccnc1. The predicted molar refractivity (Wildman–Crippen MR) is 69.7 cm³/mol. The molecule has 1 aromatic rings. The Hall–Kier alpha value is -1.15. The van der Waals surface area contributed by atoms with Crippen LogP contribution < -0.4 is 5.32 Å². The molecule has 1 N–H and O–H groups in total. The summed E-state index contributed by atoms with van der Waals surface area (Å²) in [5, 5.41) is 3.60. The second-order valence-corrected chi connectivity index (χ2v) is 5.36. The fourth-order valence-corrected chi connectivity index (χ4v) is 3.20. The van der Waals surface area contributed by atoms with E-state index in [-0.39, 0.29) is 0 Å². The molecule has 2 aliphatic rings. The molecule has 90 valence electrons. The zero-order valence-electron chi connectivity index (χ0n) is 10.2. The summed E-state index contributed by atoms with van der Waals surface area (Å²) in [6, 6.07) is 4.16. The van der Waals surface area contributed by atoms with Crippen LogP contribution in [-0.2, 0) is 6.42 Å². The maximum atomic E-state index is 4.14. The van der Waals surface area contributed by atoms with E-state index in [0.717, 1.165) is 30.7 Å². The molecule has 2 heteroatoms. The second-order valence-electron chi connectivity index (χ2n) is 5.36. The lowest BCUT2D eigenvalue weighted by molar-refractivity contribution is 0.416. The lowest BCUT2D eigenvalue weighted by atomic mass is 9.93. The summed E-state index contributed by atoms with van der Waals surface area (Å²) in [7, 11) is 0. The van der Waals surface area contributed by atoms with Gasteiger partial charge in [0.1, 0.15) is 0 Å². The van der Waals surface area contributed by atoms with Gasteiger partial charge in [-0.25, -0.2) is 0 Å². The molecule has 0 radical (unpaired) electrons. The first-order valence-electron chi connectivity index (χ1n) is 6.70. The maximum absolute atomic E-state index is 4.14. The van der Waals surface area contributed by atoms with Crippen LogP contribution in [0.4, 0.5) is 0 Å². The van der Waals surface area contributed by atoms with Crippen LogP contribution in [0.5, 0.6) is 0 Å². The Bertz CT molecular complexity index is 385. The number of nitrogens with one attached hydrogen (secondary N) is 1. The maximum Gasteiger partial charge on any atom is 0.0300 e. The van der Waals surface area contributed by atoms with Gasteiger partial charge in [-0.2, -0.15) is 0 Å². The molecule has 1 heterocycles. The van der Waals surface area contributed by atoms with Gasteiger partial charge in [0.15, 0.2) is 0 Å². The minimum absolute atomic E-state index is 0.867. The first kappa shape index (κ1) is 11.0. The van der Waals surface area contributed by atoms with Gasteiger partial charge in [0, 0.05) is 12.4 Å². The number of hydrogen-bond acceptors (Lipinski definition) is 2. The van der Waals surface area contributed by atoms with Crippen LogP contribution in [0, 0.1) is 17.8 Å². The van der Waals surface area contributed by atoms with Gasteiger partial charge in [-0.1, -0.05) is 18.2 Å². The van der Waals surface area contributed by atoms with Gasteiger partial charge in [0.05, 0.1) is 0 Å². The quantitative estimate of drug-likeness (QED) is 0.618. The van der Waals surface area contributed by atoms with E-state index in [9.17, 15) is 0 Å². The molecule has 1 saturated carbocycles. The molecule has 0 spiro atoms. The first-order chi connectivity index (χ1) is 8.42. The monoisotopic (exact) mass is 228 g/mol. The Balaban J connectivity index is 1.37. The lowest BCUT2D eigenvalue weighted by Gasteiger charge is -2.18. The molecule has 2 aliphatic carbocycles. The van der Waals surface area contributed by atoms with Gasteiger partial charge in [0.25, 0.3) is 0 Å². The van der Waals surface area contributed by atoms with Crippen molar-refractivity contribution in [2.24, 2.45) is 17.8 Å². The lowest BCUT2D eigenvalue weighted by Crippen LogP contribution is -2.27. The summed E-state index contributed by atoms with van der Waals surface area (Å²) in [6.07, 6.45) is 12.5. The third-order valence-corrected chi connectivity index (χ3v) is 4.14. The Kier molecular flexibility index (Phi) is 3.23. The number of nitrogens with zero attached hydrogens (tertiary/aromatic N) is 1. The van der Waals surface area contributed by atoms with Crippen molar-refractivity contribution in [1.29, 1.82) is 0 Å². The number of aromatic nitrogens is 1. The fraction of sp³-hybridized carbons (Fsp3) is 0.533. The van der Waals surface area contributed by atoms with Crippen LogP contribution in [-0.4, -0.2) is 18.1 Å². The average molecular weight is 228 g/mol. The topological polar surface area (TPSA) is 24.9 Å². The summed E-state index contributed by atoms with van der Waals surface area (Å²) in [5.74, 6) is 2.65. The van der Waals surface area contributed by atoms with Crippen LogP contribution >= 0.6 is 0 Å². The first-order valence-corrected chi connectivity index (χ1v) is 6.70. The van der Waals surface area contributed by atoms with Crippen molar-refractivity contribution in [1.82, 2.24) is 10.3 Å². The number of hydrogen-bond donors (Lipinski definition) is 1. The molecule has 3 rings (SSSR count). The van der Waals surface area contributed by atoms with E-state index in [2.05, 4.69) is 28.5 Å². The minimum Gasteiger partial charge on any atom is -0.316 e. The van der Waals surface area contributed by atoms with E-state index >= 15 is 0 Å². The third-order valence-electron chi connectivity index (χ3n) is 4.14. The van der Waals surface area contributed by atoms with Gasteiger partial charge in [0.2, 0.25) is 0 Å². The second kappa shape index (κ2) is 5.01. The summed E-state index contributed by atoms with van der Waals surface area (Å²) < 4.78 is 0. The summed E-state index contributed by atoms with van der Waals surface area (Å²) in [6.45, 7) is 2.26. The van der Waals surface area contributed by atoms with Crippen LogP contribution in [0.1, 0.15) is 18.4 Å². The number of allylic oxidation sites excluding steroid dienone is 2. The molecule has 3 atom stereocenters. The van der Waals surface area contributed by atoms with Crippen LogP contribution in [0.15, 0.2) is 36.7 Å². The normalized spacial score (nSPS) is 30.0. The van der Waals surface area contributed by atoms with E-state index in [4.69, 9.17) is 0 Å². The van der Waals surface area contributed by atoms with Gasteiger partial charge >= 0.3 is 0 Å². The molecule has 0 saturated heterocycles. The van der Waals surface area contributed by atoms with Gasteiger partial charge < -0.3 is 5.32 Å². The van der Waals surface area contributed by atoms with E-state index in [1.165, 1.54) is 24.9 Å². The van der Waals surface area contributed by atoms with Crippen LogP contribution in [0.25, 0.3) is 0 Å². The molecule has 17 heavy (non-hydrogen) atoms. The Morgan fingerprint density at radius 1 is 1.29 bits per heavy atom. The number of rotatable bonds is 5. The van der Waals surface area contributed by atoms with Crippen molar-refractivity contribution in [2.45, 2.75) is 19.3 Å². The van der Waals surface area contributed by atoms with Gasteiger partial charge in [-0.15, -0.1) is 0 Å². The smallest absolute Gasteiger partial charge is 0.0300 e. The van der Waals surface area contributed by atoms with E-state index < -0.39 is 0 Å². The molecule has 1 fully saturated rings. The average Bonchev–Trinajstić information content (AvgIpc) is 2.98. The largest absolute Gasteiger partial charge is 0.316 e. The highest BCUT2D eigenvalue weighted by Crippen LogP contribution is 2.42. The van der Waals surface area contributed by atoms with Crippen molar-refractivity contribution < 1.29 is 0 Å².